The van der Waals surface area contributed by atoms with Crippen LogP contribution in [0.25, 0.3) is 27.9 Å². The van der Waals surface area contributed by atoms with E-state index in [-0.39, 0.29) is 6.04 Å². The Kier molecular flexibility index (Phi) is 4.24. The number of para-hydroxylation sites is 1. The Morgan fingerprint density at radius 1 is 1.16 bits per heavy atom. The summed E-state index contributed by atoms with van der Waals surface area (Å²) in [4.78, 5) is 16.7. The molecule has 0 radical (unpaired) electrons. The van der Waals surface area contributed by atoms with Gasteiger partial charge in [0.25, 0.3) is 0 Å². The number of aryl methyl sites for hydroxylation is 1. The Morgan fingerprint density at radius 3 is 2.97 bits per heavy atom. The van der Waals surface area contributed by atoms with Crippen LogP contribution in [0, 0.1) is 5.82 Å². The van der Waals surface area contributed by atoms with Crippen molar-refractivity contribution >= 4 is 38.4 Å². The number of benzene rings is 1. The van der Waals surface area contributed by atoms with E-state index in [9.17, 15) is 4.39 Å². The Labute approximate surface area is 184 Å². The van der Waals surface area contributed by atoms with Crippen LogP contribution in [-0.2, 0) is 12.8 Å². The predicted octanol–water partition coefficient (Wildman–Crippen LogP) is 4.54. The minimum absolute atomic E-state index is 0.186. The molecule has 2 N–H and O–H groups in total. The first-order valence-corrected chi connectivity index (χ1v) is 10.8. The van der Waals surface area contributed by atoms with Gasteiger partial charge in [0.15, 0.2) is 11.5 Å². The van der Waals surface area contributed by atoms with Crippen molar-refractivity contribution in [3.8, 4) is 11.4 Å². The van der Waals surface area contributed by atoms with E-state index in [0.29, 0.717) is 23.0 Å². The molecule has 0 saturated carbocycles. The Morgan fingerprint density at radius 2 is 2.06 bits per heavy atom. The molecule has 1 aliphatic carbocycles. The molecular weight excluding hydrogens is 461 g/mol. The quantitative estimate of drug-likeness (QED) is 0.398. The van der Waals surface area contributed by atoms with Crippen LogP contribution < -0.4 is 5.32 Å². The van der Waals surface area contributed by atoms with Gasteiger partial charge in [0.1, 0.15) is 5.82 Å². The molecule has 31 heavy (non-hydrogen) atoms. The maximum absolute atomic E-state index is 13.7. The van der Waals surface area contributed by atoms with Crippen LogP contribution in [0.4, 0.5) is 10.3 Å². The maximum Gasteiger partial charge on any atom is 0.228 e. The monoisotopic (exact) mass is 477 g/mol. The molecule has 6 rings (SSSR count). The number of fused-ring (bicyclic) bond motifs is 4. The molecule has 9 heteroatoms. The summed E-state index contributed by atoms with van der Waals surface area (Å²) in [7, 11) is 0. The van der Waals surface area contributed by atoms with Gasteiger partial charge in [0, 0.05) is 34.4 Å². The van der Waals surface area contributed by atoms with E-state index in [1.54, 1.807) is 16.9 Å². The van der Waals surface area contributed by atoms with Gasteiger partial charge in [-0.15, -0.1) is 0 Å². The van der Waals surface area contributed by atoms with Gasteiger partial charge in [-0.3, -0.25) is 4.98 Å². The molecule has 1 atom stereocenters. The van der Waals surface area contributed by atoms with Crippen molar-refractivity contribution in [3.63, 3.8) is 0 Å². The highest BCUT2D eigenvalue weighted by Gasteiger charge is 2.24. The van der Waals surface area contributed by atoms with E-state index in [1.165, 1.54) is 28.2 Å². The molecule has 1 unspecified atom stereocenters. The molecule has 0 spiro atoms. The Bertz CT molecular complexity index is 1440. The van der Waals surface area contributed by atoms with Crippen molar-refractivity contribution in [2.45, 2.75) is 25.3 Å². The molecule has 0 amide bonds. The highest BCUT2D eigenvalue weighted by atomic mass is 79.9. The molecule has 4 heterocycles. The van der Waals surface area contributed by atoms with Crippen molar-refractivity contribution in [1.29, 1.82) is 0 Å². The zero-order valence-corrected chi connectivity index (χ0v) is 17.9. The van der Waals surface area contributed by atoms with E-state index in [0.717, 1.165) is 29.9 Å². The molecule has 154 valence electrons. The highest BCUT2D eigenvalue weighted by molar-refractivity contribution is 9.10. The fourth-order valence-corrected chi connectivity index (χ4v) is 4.63. The molecule has 0 aliphatic heterocycles. The van der Waals surface area contributed by atoms with Gasteiger partial charge in [-0.1, -0.05) is 18.2 Å². The standard InChI is InChI=1S/C22H17BrFN7/c23-17-11-26-31-21(17)29-20(12-7-13(24)10-25-9-12)30-22(31)27-14-5-6-19-16(8-14)15-3-1-2-4-18(15)28-19/h1-4,7,9-11,14,28H,5-6,8H2,(H,27,29,30). The van der Waals surface area contributed by atoms with E-state index < -0.39 is 5.82 Å². The minimum Gasteiger partial charge on any atom is -0.358 e. The molecule has 5 aromatic rings. The number of pyridine rings is 1. The summed E-state index contributed by atoms with van der Waals surface area (Å²) in [6, 6.07) is 9.97. The fraction of sp³-hybridized carbons (Fsp3) is 0.182. The van der Waals surface area contributed by atoms with Gasteiger partial charge < -0.3 is 10.3 Å². The molecule has 0 saturated heterocycles. The van der Waals surface area contributed by atoms with Crippen molar-refractivity contribution in [2.24, 2.45) is 0 Å². The van der Waals surface area contributed by atoms with Gasteiger partial charge in [-0.2, -0.15) is 14.6 Å². The van der Waals surface area contributed by atoms with Crippen LogP contribution >= 0.6 is 15.9 Å². The number of hydrogen-bond acceptors (Lipinski definition) is 5. The maximum atomic E-state index is 13.7. The Hall–Kier alpha value is -3.33. The van der Waals surface area contributed by atoms with Gasteiger partial charge >= 0.3 is 0 Å². The third-order valence-corrected chi connectivity index (χ3v) is 6.28. The molecule has 7 nitrogen and oxygen atoms in total. The average molecular weight is 478 g/mol. The normalized spacial score (nSPS) is 16.0. The lowest BCUT2D eigenvalue weighted by atomic mass is 9.91. The van der Waals surface area contributed by atoms with Gasteiger partial charge in [-0.25, -0.2) is 9.37 Å². The summed E-state index contributed by atoms with van der Waals surface area (Å²) < 4.78 is 16.1. The van der Waals surface area contributed by atoms with Crippen LogP contribution in [0.3, 0.4) is 0 Å². The molecule has 1 aromatic carbocycles. The van der Waals surface area contributed by atoms with Crippen LogP contribution in [0.2, 0.25) is 0 Å². The first-order chi connectivity index (χ1) is 15.2. The number of H-pyrrole nitrogens is 1. The van der Waals surface area contributed by atoms with Gasteiger partial charge in [0.2, 0.25) is 5.95 Å². The number of nitrogens with one attached hydrogen (secondary N) is 2. The lowest BCUT2D eigenvalue weighted by Crippen LogP contribution is -2.29. The van der Waals surface area contributed by atoms with E-state index in [4.69, 9.17) is 0 Å². The van der Waals surface area contributed by atoms with Crippen LogP contribution in [0.5, 0.6) is 0 Å². The smallest absolute Gasteiger partial charge is 0.228 e. The molecular formula is C22H17BrFN7. The predicted molar refractivity (Wildman–Crippen MR) is 119 cm³/mol. The molecule has 1 aliphatic rings. The van der Waals surface area contributed by atoms with Crippen molar-refractivity contribution < 1.29 is 4.39 Å². The summed E-state index contributed by atoms with van der Waals surface area (Å²) in [5, 5.41) is 9.23. The summed E-state index contributed by atoms with van der Waals surface area (Å²) >= 11 is 3.50. The van der Waals surface area contributed by atoms with E-state index >= 15 is 0 Å². The van der Waals surface area contributed by atoms with Crippen LogP contribution in [-0.4, -0.2) is 35.6 Å². The SMILES string of the molecule is Fc1cncc(-c2nc(NC3CCc4[nH]c5ccccc5c4C3)n3ncc(Br)c3n2)c1. The van der Waals surface area contributed by atoms with Crippen molar-refractivity contribution in [3.05, 3.63) is 70.5 Å². The third-order valence-electron chi connectivity index (χ3n) is 5.72. The number of anilines is 1. The largest absolute Gasteiger partial charge is 0.358 e. The molecule has 0 fully saturated rings. The second kappa shape index (κ2) is 7.12. The number of hydrogen-bond donors (Lipinski definition) is 2. The fourth-order valence-electron chi connectivity index (χ4n) is 4.28. The third kappa shape index (κ3) is 3.16. The van der Waals surface area contributed by atoms with Crippen LogP contribution in [0.15, 0.2) is 53.4 Å². The van der Waals surface area contributed by atoms with Crippen LogP contribution in [0.1, 0.15) is 17.7 Å². The first-order valence-electron chi connectivity index (χ1n) is 10.0. The lowest BCUT2D eigenvalue weighted by molar-refractivity contribution is 0.599. The average Bonchev–Trinajstić information content (AvgIpc) is 3.34. The number of nitrogens with zero attached hydrogens (tertiary/aromatic N) is 5. The zero-order chi connectivity index (χ0) is 20.9. The molecule has 4 aromatic heterocycles. The first kappa shape index (κ1) is 18.4. The summed E-state index contributed by atoms with van der Waals surface area (Å²) in [6.45, 7) is 0. The van der Waals surface area contributed by atoms with Gasteiger partial charge in [-0.05, 0) is 52.9 Å². The number of aromatic nitrogens is 6. The second-order valence-corrected chi connectivity index (χ2v) is 8.56. The van der Waals surface area contributed by atoms with E-state index in [1.807, 2.05) is 0 Å². The van der Waals surface area contributed by atoms with Crippen molar-refractivity contribution in [2.75, 3.05) is 5.32 Å². The van der Waals surface area contributed by atoms with E-state index in [2.05, 4.69) is 70.5 Å². The Balaban J connectivity index is 1.39. The summed E-state index contributed by atoms with van der Waals surface area (Å²) in [6.07, 6.45) is 7.20. The summed E-state index contributed by atoms with van der Waals surface area (Å²) in [5.41, 5.74) is 4.96. The highest BCUT2D eigenvalue weighted by Crippen LogP contribution is 2.31. The lowest BCUT2D eigenvalue weighted by Gasteiger charge is -2.24. The minimum atomic E-state index is -0.429. The molecule has 0 bridgehead atoms. The topological polar surface area (TPSA) is 83.8 Å². The summed E-state index contributed by atoms with van der Waals surface area (Å²) in [5.74, 6) is 0.539. The van der Waals surface area contributed by atoms with Crippen molar-refractivity contribution in [1.82, 2.24) is 29.5 Å². The number of aromatic amines is 1. The second-order valence-electron chi connectivity index (χ2n) is 7.70. The number of rotatable bonds is 3. The number of halogens is 2. The zero-order valence-electron chi connectivity index (χ0n) is 16.3. The van der Waals surface area contributed by atoms with Gasteiger partial charge in [0.05, 0.1) is 16.9 Å².